The van der Waals surface area contributed by atoms with Crippen molar-refractivity contribution in [3.63, 3.8) is 0 Å². The highest BCUT2D eigenvalue weighted by molar-refractivity contribution is 5.69. The molecule has 0 saturated carbocycles. The number of ether oxygens (including phenoxy) is 1. The van der Waals surface area contributed by atoms with Crippen LogP contribution in [0.2, 0.25) is 0 Å². The highest BCUT2D eigenvalue weighted by Gasteiger charge is 2.12. The number of nitriles is 1. The van der Waals surface area contributed by atoms with Crippen LogP contribution in [0.25, 0.3) is 11.1 Å². The average Bonchev–Trinajstić information content (AvgIpc) is 2.57. The van der Waals surface area contributed by atoms with Crippen LogP contribution < -0.4 is 4.90 Å². The lowest BCUT2D eigenvalue weighted by molar-refractivity contribution is 0.122. The third-order valence-corrected chi connectivity index (χ3v) is 3.98. The molecule has 0 atom stereocenters. The van der Waals surface area contributed by atoms with E-state index in [2.05, 4.69) is 41.1 Å². The van der Waals surface area contributed by atoms with Crippen LogP contribution in [0.3, 0.4) is 0 Å². The van der Waals surface area contributed by atoms with E-state index < -0.39 is 0 Å². The maximum atomic E-state index is 8.70. The first kappa shape index (κ1) is 14.6. The largest absolute Gasteiger partial charge is 0.378 e. The minimum atomic E-state index is 0.356. The zero-order valence-corrected chi connectivity index (χ0v) is 12.7. The summed E-state index contributed by atoms with van der Waals surface area (Å²) in [5, 5.41) is 8.70. The van der Waals surface area contributed by atoms with E-state index in [1.54, 1.807) is 0 Å². The van der Waals surface area contributed by atoms with Gasteiger partial charge in [0.2, 0.25) is 0 Å². The maximum Gasteiger partial charge on any atom is 0.0774 e. The average molecular weight is 293 g/mol. The van der Waals surface area contributed by atoms with E-state index in [9.17, 15) is 0 Å². The van der Waals surface area contributed by atoms with Crippen LogP contribution in [0.1, 0.15) is 11.3 Å². The number of hydrogen-bond donors (Lipinski definition) is 0. The predicted molar refractivity (Wildman–Crippen MR) is 86.8 cm³/mol. The molecule has 1 saturated heterocycles. The van der Waals surface area contributed by atoms with Crippen LogP contribution in [-0.2, 0) is 11.2 Å². The number of morpholine rings is 1. The Labute approximate surface area is 131 Å². The first-order valence-corrected chi connectivity index (χ1v) is 7.53. The lowest BCUT2D eigenvalue weighted by atomic mass is 10.0. The summed E-state index contributed by atoms with van der Waals surface area (Å²) in [4.78, 5) is 6.70. The fourth-order valence-corrected chi connectivity index (χ4v) is 2.76. The molecule has 22 heavy (non-hydrogen) atoms. The predicted octanol–water partition coefficient (Wildman–Crippen LogP) is 2.96. The van der Waals surface area contributed by atoms with Gasteiger partial charge in [-0.1, -0.05) is 12.1 Å². The molecule has 0 N–H and O–H groups in total. The number of pyridine rings is 1. The monoisotopic (exact) mass is 293 g/mol. The van der Waals surface area contributed by atoms with Gasteiger partial charge in [-0.05, 0) is 36.2 Å². The van der Waals surface area contributed by atoms with Crippen molar-refractivity contribution in [2.45, 2.75) is 13.3 Å². The Bertz CT molecular complexity index is 682. The summed E-state index contributed by atoms with van der Waals surface area (Å²) in [7, 11) is 0. The molecule has 3 rings (SSSR count). The third kappa shape index (κ3) is 3.10. The molecule has 1 aliphatic heterocycles. The quantitative estimate of drug-likeness (QED) is 0.873. The number of hydrogen-bond acceptors (Lipinski definition) is 4. The Morgan fingerprint density at radius 2 is 2.05 bits per heavy atom. The smallest absolute Gasteiger partial charge is 0.0774 e. The van der Waals surface area contributed by atoms with Crippen molar-refractivity contribution in [3.8, 4) is 17.2 Å². The van der Waals surface area contributed by atoms with Crippen molar-refractivity contribution >= 4 is 5.69 Å². The number of rotatable bonds is 3. The summed E-state index contributed by atoms with van der Waals surface area (Å²) >= 11 is 0. The number of benzene rings is 1. The van der Waals surface area contributed by atoms with Gasteiger partial charge in [-0.25, -0.2) is 0 Å². The molecule has 0 unspecified atom stereocenters. The summed E-state index contributed by atoms with van der Waals surface area (Å²) in [6.45, 7) is 5.62. The Balaban J connectivity index is 1.83. The number of anilines is 1. The molecule has 0 aliphatic carbocycles. The third-order valence-electron chi connectivity index (χ3n) is 3.98. The van der Waals surface area contributed by atoms with Gasteiger partial charge in [0.25, 0.3) is 0 Å². The number of aromatic nitrogens is 1. The van der Waals surface area contributed by atoms with Crippen LogP contribution in [0.5, 0.6) is 0 Å². The highest BCUT2D eigenvalue weighted by atomic mass is 16.5. The van der Waals surface area contributed by atoms with Gasteiger partial charge in [0.1, 0.15) is 0 Å². The normalized spacial score (nSPS) is 14.6. The summed E-state index contributed by atoms with van der Waals surface area (Å²) in [6, 6.07) is 12.6. The van der Waals surface area contributed by atoms with E-state index in [1.165, 1.54) is 16.8 Å². The summed E-state index contributed by atoms with van der Waals surface area (Å²) in [5.74, 6) is 0. The standard InChI is InChI=1S/C18H19N3O/c1-14-12-17(21-8-10-22-11-9-21)4-5-18(14)15-2-3-16(6-7-19)20-13-15/h2-5,12-13H,6,8-11H2,1H3. The molecule has 112 valence electrons. The van der Waals surface area contributed by atoms with Crippen molar-refractivity contribution in [1.29, 1.82) is 5.26 Å². The Kier molecular flexibility index (Phi) is 4.36. The minimum absolute atomic E-state index is 0.356. The first-order chi connectivity index (χ1) is 10.8. The van der Waals surface area contributed by atoms with E-state index in [1.807, 2.05) is 18.3 Å². The molecule has 1 aromatic heterocycles. The SMILES string of the molecule is Cc1cc(N2CCOCC2)ccc1-c1ccc(CC#N)nc1. The van der Waals surface area contributed by atoms with Gasteiger partial charge < -0.3 is 9.64 Å². The molecule has 2 aromatic rings. The maximum absolute atomic E-state index is 8.70. The summed E-state index contributed by atoms with van der Waals surface area (Å²) in [6.07, 6.45) is 2.21. The summed E-state index contributed by atoms with van der Waals surface area (Å²) in [5.41, 5.74) is 5.58. The second-order valence-electron chi connectivity index (χ2n) is 5.47. The van der Waals surface area contributed by atoms with Gasteiger partial charge in [-0.3, -0.25) is 4.98 Å². The minimum Gasteiger partial charge on any atom is -0.378 e. The first-order valence-electron chi connectivity index (χ1n) is 7.53. The van der Waals surface area contributed by atoms with Gasteiger partial charge >= 0.3 is 0 Å². The van der Waals surface area contributed by atoms with Crippen molar-refractivity contribution in [2.24, 2.45) is 0 Å². The number of nitrogens with zero attached hydrogens (tertiary/aromatic N) is 3. The zero-order chi connectivity index (χ0) is 15.4. The zero-order valence-electron chi connectivity index (χ0n) is 12.7. The lowest BCUT2D eigenvalue weighted by Gasteiger charge is -2.29. The van der Waals surface area contributed by atoms with Gasteiger partial charge in [0.15, 0.2) is 0 Å². The Morgan fingerprint density at radius 3 is 2.68 bits per heavy atom. The van der Waals surface area contributed by atoms with E-state index >= 15 is 0 Å². The molecule has 0 bridgehead atoms. The molecule has 0 radical (unpaired) electrons. The Morgan fingerprint density at radius 1 is 1.23 bits per heavy atom. The van der Waals surface area contributed by atoms with E-state index in [4.69, 9.17) is 10.00 Å². The van der Waals surface area contributed by atoms with Crippen LogP contribution in [0.4, 0.5) is 5.69 Å². The van der Waals surface area contributed by atoms with Crippen LogP contribution in [0.15, 0.2) is 36.5 Å². The lowest BCUT2D eigenvalue weighted by Crippen LogP contribution is -2.36. The topological polar surface area (TPSA) is 49.1 Å². The second-order valence-corrected chi connectivity index (χ2v) is 5.47. The van der Waals surface area contributed by atoms with E-state index in [-0.39, 0.29) is 0 Å². The molecule has 4 heteroatoms. The molecular weight excluding hydrogens is 274 g/mol. The van der Waals surface area contributed by atoms with E-state index in [0.717, 1.165) is 37.6 Å². The second kappa shape index (κ2) is 6.59. The summed E-state index contributed by atoms with van der Waals surface area (Å²) < 4.78 is 5.40. The molecule has 2 heterocycles. The molecule has 4 nitrogen and oxygen atoms in total. The van der Waals surface area contributed by atoms with Crippen molar-refractivity contribution in [2.75, 3.05) is 31.2 Å². The molecule has 0 spiro atoms. The van der Waals surface area contributed by atoms with Gasteiger partial charge in [0.05, 0.1) is 31.4 Å². The highest BCUT2D eigenvalue weighted by Crippen LogP contribution is 2.27. The van der Waals surface area contributed by atoms with Gasteiger partial charge in [-0.2, -0.15) is 5.26 Å². The van der Waals surface area contributed by atoms with E-state index in [0.29, 0.717) is 6.42 Å². The number of aryl methyl sites for hydroxylation is 1. The van der Waals surface area contributed by atoms with Crippen molar-refractivity contribution < 1.29 is 4.74 Å². The molecular formula is C18H19N3O. The molecule has 0 amide bonds. The van der Waals surface area contributed by atoms with Gasteiger partial charge in [-0.15, -0.1) is 0 Å². The van der Waals surface area contributed by atoms with Crippen LogP contribution in [-0.4, -0.2) is 31.3 Å². The molecule has 1 aliphatic rings. The van der Waals surface area contributed by atoms with Crippen molar-refractivity contribution in [1.82, 2.24) is 4.98 Å². The Hall–Kier alpha value is -2.38. The molecule has 1 aromatic carbocycles. The molecule has 1 fully saturated rings. The van der Waals surface area contributed by atoms with Crippen LogP contribution >= 0.6 is 0 Å². The van der Waals surface area contributed by atoms with Crippen molar-refractivity contribution in [3.05, 3.63) is 47.8 Å². The fraction of sp³-hybridized carbons (Fsp3) is 0.333. The van der Waals surface area contributed by atoms with Crippen LogP contribution in [0, 0.1) is 18.3 Å². The van der Waals surface area contributed by atoms with Gasteiger partial charge in [0, 0.05) is 30.5 Å². The fourth-order valence-electron chi connectivity index (χ4n) is 2.76.